The minimum atomic E-state index is -3.92. The first-order valence-corrected chi connectivity index (χ1v) is 10.7. The van der Waals surface area contributed by atoms with Crippen LogP contribution in [0, 0.1) is 13.8 Å². The number of hydrogen-bond acceptors (Lipinski definition) is 4. The van der Waals surface area contributed by atoms with Crippen LogP contribution in [0.25, 0.3) is 0 Å². The third kappa shape index (κ3) is 4.69. The second kappa shape index (κ2) is 8.13. The molecule has 1 saturated heterocycles. The Morgan fingerprint density at radius 3 is 2.19 bits per heavy atom. The fraction of sp³-hybridized carbons (Fsp3) is 0.381. The quantitative estimate of drug-likeness (QED) is 0.742. The Labute approximate surface area is 161 Å². The highest BCUT2D eigenvalue weighted by atomic mass is 32.2. The van der Waals surface area contributed by atoms with E-state index in [0.29, 0.717) is 11.1 Å². The fourth-order valence-electron chi connectivity index (χ4n) is 3.26. The van der Waals surface area contributed by atoms with E-state index in [0.717, 1.165) is 44.3 Å². The molecule has 0 aliphatic carbocycles. The summed E-state index contributed by atoms with van der Waals surface area (Å²) in [5.41, 5.74) is 2.03. The lowest BCUT2D eigenvalue weighted by Crippen LogP contribution is -2.31. The Hall–Kier alpha value is -2.34. The molecule has 5 nitrogen and oxygen atoms in total. The molecule has 0 aromatic heterocycles. The largest absolute Gasteiger partial charge is 0.379 e. The van der Waals surface area contributed by atoms with Crippen LogP contribution in [0.5, 0.6) is 5.75 Å². The summed E-state index contributed by atoms with van der Waals surface area (Å²) in [6.07, 6.45) is 4.38. The van der Waals surface area contributed by atoms with Crippen molar-refractivity contribution in [1.82, 2.24) is 4.90 Å². The molecule has 2 aromatic carbocycles. The minimum absolute atomic E-state index is 0.0131. The van der Waals surface area contributed by atoms with Crippen LogP contribution in [0.15, 0.2) is 47.4 Å². The van der Waals surface area contributed by atoms with Gasteiger partial charge in [-0.3, -0.25) is 4.79 Å². The number of rotatable bonds is 4. The van der Waals surface area contributed by atoms with E-state index in [9.17, 15) is 13.2 Å². The van der Waals surface area contributed by atoms with Gasteiger partial charge in [0.15, 0.2) is 0 Å². The molecule has 144 valence electrons. The van der Waals surface area contributed by atoms with E-state index in [-0.39, 0.29) is 16.6 Å². The van der Waals surface area contributed by atoms with Crippen LogP contribution >= 0.6 is 0 Å². The number of benzene rings is 2. The average Bonchev–Trinajstić information content (AvgIpc) is 2.93. The van der Waals surface area contributed by atoms with E-state index in [1.54, 1.807) is 31.2 Å². The lowest BCUT2D eigenvalue weighted by Gasteiger charge is -2.20. The van der Waals surface area contributed by atoms with Crippen molar-refractivity contribution >= 4 is 16.0 Å². The SMILES string of the molecule is Cc1ccc(C)c(S(=O)(=O)Oc2ccc(C(=O)N3CCCCCC3)cc2)c1. The molecule has 6 heteroatoms. The third-order valence-corrected chi connectivity index (χ3v) is 6.20. The lowest BCUT2D eigenvalue weighted by molar-refractivity contribution is 0.0761. The summed E-state index contributed by atoms with van der Waals surface area (Å²) in [7, 11) is -3.92. The number of aryl methyl sites for hydroxylation is 2. The summed E-state index contributed by atoms with van der Waals surface area (Å²) in [6, 6.07) is 11.5. The summed E-state index contributed by atoms with van der Waals surface area (Å²) >= 11 is 0. The van der Waals surface area contributed by atoms with Gasteiger partial charge in [0.05, 0.1) is 0 Å². The number of amides is 1. The summed E-state index contributed by atoms with van der Waals surface area (Å²) in [4.78, 5) is 14.6. The number of nitrogens with zero attached hydrogens (tertiary/aromatic N) is 1. The molecule has 0 bridgehead atoms. The van der Waals surface area contributed by atoms with E-state index >= 15 is 0 Å². The number of carbonyl (C=O) groups is 1. The maximum atomic E-state index is 12.6. The normalized spacial score (nSPS) is 15.3. The molecule has 0 spiro atoms. The van der Waals surface area contributed by atoms with Crippen LogP contribution in [-0.4, -0.2) is 32.3 Å². The van der Waals surface area contributed by atoms with Gasteiger partial charge in [0.25, 0.3) is 5.91 Å². The highest BCUT2D eigenvalue weighted by Gasteiger charge is 2.21. The maximum absolute atomic E-state index is 12.6. The summed E-state index contributed by atoms with van der Waals surface area (Å²) < 4.78 is 30.4. The van der Waals surface area contributed by atoms with Crippen molar-refractivity contribution < 1.29 is 17.4 Å². The van der Waals surface area contributed by atoms with Gasteiger partial charge in [-0.25, -0.2) is 0 Å². The molecule has 0 atom stereocenters. The van der Waals surface area contributed by atoms with Gasteiger partial charge in [-0.1, -0.05) is 25.0 Å². The first kappa shape index (κ1) is 19.4. The second-order valence-electron chi connectivity index (χ2n) is 7.04. The first-order chi connectivity index (χ1) is 12.9. The molecule has 0 N–H and O–H groups in total. The van der Waals surface area contributed by atoms with Gasteiger partial charge in [-0.15, -0.1) is 0 Å². The van der Waals surface area contributed by atoms with Gasteiger partial charge in [-0.2, -0.15) is 8.42 Å². The van der Waals surface area contributed by atoms with E-state index in [1.807, 2.05) is 17.9 Å². The predicted octanol–water partition coefficient (Wildman–Crippen LogP) is 4.09. The Morgan fingerprint density at radius 1 is 0.926 bits per heavy atom. The molecule has 0 saturated carbocycles. The number of carbonyl (C=O) groups excluding carboxylic acids is 1. The molecule has 0 radical (unpaired) electrons. The van der Waals surface area contributed by atoms with Crippen molar-refractivity contribution in [2.45, 2.75) is 44.4 Å². The molecule has 1 aliphatic rings. The van der Waals surface area contributed by atoms with Crippen molar-refractivity contribution in [3.63, 3.8) is 0 Å². The Kier molecular flexibility index (Phi) is 5.85. The molecule has 3 rings (SSSR count). The molecule has 2 aromatic rings. The average molecular weight is 388 g/mol. The van der Waals surface area contributed by atoms with Crippen LogP contribution in [-0.2, 0) is 10.1 Å². The Balaban J connectivity index is 1.75. The van der Waals surface area contributed by atoms with E-state index < -0.39 is 10.1 Å². The van der Waals surface area contributed by atoms with E-state index in [1.165, 1.54) is 12.1 Å². The molecular weight excluding hydrogens is 362 g/mol. The Bertz CT molecular complexity index is 912. The van der Waals surface area contributed by atoms with Gasteiger partial charge in [-0.05, 0) is 68.1 Å². The first-order valence-electron chi connectivity index (χ1n) is 9.28. The molecule has 1 aliphatic heterocycles. The van der Waals surface area contributed by atoms with Crippen LogP contribution in [0.1, 0.15) is 47.2 Å². The highest BCUT2D eigenvalue weighted by molar-refractivity contribution is 7.87. The second-order valence-corrected chi connectivity index (χ2v) is 8.55. The summed E-state index contributed by atoms with van der Waals surface area (Å²) in [5, 5.41) is 0. The predicted molar refractivity (Wildman–Crippen MR) is 105 cm³/mol. The number of hydrogen-bond donors (Lipinski definition) is 0. The summed E-state index contributed by atoms with van der Waals surface area (Å²) in [5.74, 6) is 0.184. The van der Waals surface area contributed by atoms with Crippen molar-refractivity contribution in [3.05, 3.63) is 59.2 Å². The van der Waals surface area contributed by atoms with Gasteiger partial charge >= 0.3 is 10.1 Å². The zero-order chi connectivity index (χ0) is 19.4. The van der Waals surface area contributed by atoms with Gasteiger partial charge < -0.3 is 9.08 Å². The van der Waals surface area contributed by atoms with Crippen LogP contribution in [0.3, 0.4) is 0 Å². The highest BCUT2D eigenvalue weighted by Crippen LogP contribution is 2.23. The van der Waals surface area contributed by atoms with Gasteiger partial charge in [0.1, 0.15) is 10.6 Å². The van der Waals surface area contributed by atoms with E-state index in [2.05, 4.69) is 0 Å². The van der Waals surface area contributed by atoms with Crippen LogP contribution < -0.4 is 4.18 Å². The summed E-state index contributed by atoms with van der Waals surface area (Å²) in [6.45, 7) is 5.12. The van der Waals surface area contributed by atoms with E-state index in [4.69, 9.17) is 4.18 Å². The molecule has 27 heavy (non-hydrogen) atoms. The third-order valence-electron chi connectivity index (χ3n) is 4.81. The van der Waals surface area contributed by atoms with Crippen LogP contribution in [0.2, 0.25) is 0 Å². The standard InChI is InChI=1S/C21H25NO4S/c1-16-7-8-17(2)20(15-16)27(24,25)26-19-11-9-18(10-12-19)21(23)22-13-5-3-4-6-14-22/h7-12,15H,3-6,13-14H2,1-2H3. The molecular formula is C21H25NO4S. The molecule has 1 amide bonds. The van der Waals surface area contributed by atoms with Crippen molar-refractivity contribution in [3.8, 4) is 5.75 Å². The zero-order valence-corrected chi connectivity index (χ0v) is 16.6. The smallest absolute Gasteiger partial charge is 0.339 e. The molecule has 1 fully saturated rings. The fourth-order valence-corrected chi connectivity index (χ4v) is 4.50. The van der Waals surface area contributed by atoms with Crippen molar-refractivity contribution in [2.24, 2.45) is 0 Å². The maximum Gasteiger partial charge on any atom is 0.339 e. The number of likely N-dealkylation sites (tertiary alicyclic amines) is 1. The monoisotopic (exact) mass is 387 g/mol. The van der Waals surface area contributed by atoms with Gasteiger partial charge in [0.2, 0.25) is 0 Å². The van der Waals surface area contributed by atoms with Crippen molar-refractivity contribution in [1.29, 1.82) is 0 Å². The van der Waals surface area contributed by atoms with Crippen molar-refractivity contribution in [2.75, 3.05) is 13.1 Å². The molecule has 1 heterocycles. The van der Waals surface area contributed by atoms with Gasteiger partial charge in [0, 0.05) is 18.7 Å². The minimum Gasteiger partial charge on any atom is -0.379 e. The Morgan fingerprint density at radius 2 is 1.56 bits per heavy atom. The lowest BCUT2D eigenvalue weighted by atomic mass is 10.2. The van der Waals surface area contributed by atoms with Crippen LogP contribution in [0.4, 0.5) is 0 Å². The zero-order valence-electron chi connectivity index (χ0n) is 15.8. The molecule has 0 unspecified atom stereocenters. The topological polar surface area (TPSA) is 63.7 Å².